The van der Waals surface area contributed by atoms with Crippen molar-refractivity contribution in [3.8, 4) is 0 Å². The second kappa shape index (κ2) is 6.92. The van der Waals surface area contributed by atoms with E-state index in [1.807, 2.05) is 6.92 Å². The lowest BCUT2D eigenvalue weighted by Crippen LogP contribution is -2.45. The minimum Gasteiger partial charge on any atom is -0.468 e. The number of methoxy groups -OCH3 is 1. The molecule has 88 valence electrons. The van der Waals surface area contributed by atoms with E-state index < -0.39 is 5.97 Å². The highest BCUT2D eigenvalue weighted by Gasteiger charge is 2.26. The van der Waals surface area contributed by atoms with Gasteiger partial charge in [0.15, 0.2) is 0 Å². The standard InChI is InChI=1S/C8H14N2O3S.ClH/c1-5-10-6(4-14-5)8(12)9-3-7(11)13-2;/h5-6,10H,3-4H2,1-2H3,(H,9,12);1H. The van der Waals surface area contributed by atoms with E-state index in [1.54, 1.807) is 11.8 Å². The van der Waals surface area contributed by atoms with Gasteiger partial charge in [-0.05, 0) is 6.92 Å². The van der Waals surface area contributed by atoms with Gasteiger partial charge in [0.05, 0.1) is 18.5 Å². The third-order valence-corrected chi connectivity index (χ3v) is 3.06. The maximum absolute atomic E-state index is 11.4. The fraction of sp³-hybridized carbons (Fsp3) is 0.750. The summed E-state index contributed by atoms with van der Waals surface area (Å²) in [7, 11) is 1.29. The highest BCUT2D eigenvalue weighted by atomic mass is 35.5. The van der Waals surface area contributed by atoms with Crippen LogP contribution in [0.15, 0.2) is 0 Å². The Bertz CT molecular complexity index is 240. The summed E-state index contributed by atoms with van der Waals surface area (Å²) < 4.78 is 4.41. The average molecular weight is 255 g/mol. The van der Waals surface area contributed by atoms with E-state index in [9.17, 15) is 9.59 Å². The van der Waals surface area contributed by atoms with Gasteiger partial charge in [0.1, 0.15) is 6.54 Å². The van der Waals surface area contributed by atoms with Crippen molar-refractivity contribution in [2.24, 2.45) is 0 Å². The van der Waals surface area contributed by atoms with Crippen molar-refractivity contribution >= 4 is 36.0 Å². The Morgan fingerprint density at radius 1 is 1.60 bits per heavy atom. The molecule has 1 fully saturated rings. The topological polar surface area (TPSA) is 67.4 Å². The SMILES string of the molecule is COC(=O)CNC(=O)C1CSC(C)N1.Cl. The van der Waals surface area contributed by atoms with Crippen LogP contribution in [0.3, 0.4) is 0 Å². The third-order valence-electron chi connectivity index (χ3n) is 1.90. The first-order valence-corrected chi connectivity index (χ1v) is 5.40. The van der Waals surface area contributed by atoms with Gasteiger partial charge < -0.3 is 10.1 Å². The smallest absolute Gasteiger partial charge is 0.325 e. The fourth-order valence-electron chi connectivity index (χ4n) is 1.13. The highest BCUT2D eigenvalue weighted by molar-refractivity contribution is 8.00. The van der Waals surface area contributed by atoms with Gasteiger partial charge >= 0.3 is 5.97 Å². The molecule has 1 amide bonds. The summed E-state index contributed by atoms with van der Waals surface area (Å²) in [5.41, 5.74) is 0. The van der Waals surface area contributed by atoms with Crippen LogP contribution in [-0.4, -0.2) is 42.7 Å². The third kappa shape index (κ3) is 4.72. The number of nitrogens with one attached hydrogen (secondary N) is 2. The Hall–Kier alpha value is -0.460. The van der Waals surface area contributed by atoms with Crippen LogP contribution in [0.1, 0.15) is 6.92 Å². The maximum atomic E-state index is 11.4. The van der Waals surface area contributed by atoms with Crippen LogP contribution in [0, 0.1) is 0 Å². The molecule has 1 aliphatic rings. The number of thioether (sulfide) groups is 1. The van der Waals surface area contributed by atoms with E-state index in [0.29, 0.717) is 5.37 Å². The Kier molecular flexibility index (Phi) is 6.71. The van der Waals surface area contributed by atoms with Gasteiger partial charge in [0.25, 0.3) is 0 Å². The molecule has 5 nitrogen and oxygen atoms in total. The quantitative estimate of drug-likeness (QED) is 0.680. The number of halogens is 1. The summed E-state index contributed by atoms with van der Waals surface area (Å²) in [5.74, 6) is 0.165. The molecule has 1 rings (SSSR count). The summed E-state index contributed by atoms with van der Waals surface area (Å²) in [6.45, 7) is 1.94. The first-order valence-electron chi connectivity index (χ1n) is 4.35. The molecular weight excluding hydrogens is 240 g/mol. The van der Waals surface area contributed by atoms with E-state index in [-0.39, 0.29) is 30.9 Å². The van der Waals surface area contributed by atoms with Crippen LogP contribution in [0.25, 0.3) is 0 Å². The van der Waals surface area contributed by atoms with Gasteiger partial charge in [-0.2, -0.15) is 0 Å². The molecule has 0 aromatic heterocycles. The Morgan fingerprint density at radius 2 is 2.27 bits per heavy atom. The van der Waals surface area contributed by atoms with Crippen LogP contribution in [0.2, 0.25) is 0 Å². The Labute approximate surface area is 99.1 Å². The number of rotatable bonds is 3. The summed E-state index contributed by atoms with van der Waals surface area (Å²) in [6, 6.07) is -0.195. The minimum absolute atomic E-state index is 0. The number of carbonyl (C=O) groups excluding carboxylic acids is 2. The van der Waals surface area contributed by atoms with Crippen LogP contribution in [-0.2, 0) is 14.3 Å². The summed E-state index contributed by atoms with van der Waals surface area (Å²) >= 11 is 1.69. The lowest BCUT2D eigenvalue weighted by molar-refractivity contribution is -0.141. The molecule has 7 heteroatoms. The number of ether oxygens (including phenoxy) is 1. The normalized spacial score (nSPS) is 24.1. The zero-order valence-electron chi connectivity index (χ0n) is 8.61. The molecule has 0 radical (unpaired) electrons. The van der Waals surface area contributed by atoms with Crippen LogP contribution in [0.5, 0.6) is 0 Å². The van der Waals surface area contributed by atoms with Crippen LogP contribution in [0.4, 0.5) is 0 Å². The number of esters is 1. The van der Waals surface area contributed by atoms with Gasteiger partial charge in [-0.1, -0.05) is 0 Å². The fourth-order valence-corrected chi connectivity index (χ4v) is 2.12. The lowest BCUT2D eigenvalue weighted by Gasteiger charge is -2.10. The summed E-state index contributed by atoms with van der Waals surface area (Å²) in [5, 5.41) is 5.90. The van der Waals surface area contributed by atoms with E-state index in [1.165, 1.54) is 7.11 Å². The molecule has 15 heavy (non-hydrogen) atoms. The lowest BCUT2D eigenvalue weighted by atomic mass is 10.3. The second-order valence-electron chi connectivity index (χ2n) is 2.99. The van der Waals surface area contributed by atoms with E-state index in [4.69, 9.17) is 0 Å². The second-order valence-corrected chi connectivity index (χ2v) is 4.36. The minimum atomic E-state index is -0.433. The molecule has 2 unspecified atom stereocenters. The van der Waals surface area contributed by atoms with Gasteiger partial charge in [-0.25, -0.2) is 0 Å². The van der Waals surface area contributed by atoms with Gasteiger partial charge in [-0.3, -0.25) is 14.9 Å². The van der Waals surface area contributed by atoms with Crippen LogP contribution < -0.4 is 10.6 Å². The van der Waals surface area contributed by atoms with Crippen molar-refractivity contribution < 1.29 is 14.3 Å². The largest absolute Gasteiger partial charge is 0.468 e. The predicted octanol–water partition coefficient (Wildman–Crippen LogP) is -0.252. The first-order chi connectivity index (χ1) is 6.63. The Balaban J connectivity index is 0.00000196. The molecule has 0 aromatic rings. The monoisotopic (exact) mass is 254 g/mol. The van der Waals surface area contributed by atoms with E-state index in [0.717, 1.165) is 5.75 Å². The molecule has 1 aliphatic heterocycles. The molecule has 0 bridgehead atoms. The van der Waals surface area contributed by atoms with E-state index in [2.05, 4.69) is 15.4 Å². The summed E-state index contributed by atoms with van der Waals surface area (Å²) in [6.07, 6.45) is 0. The van der Waals surface area contributed by atoms with Gasteiger partial charge in [-0.15, -0.1) is 24.2 Å². The molecule has 2 atom stereocenters. The van der Waals surface area contributed by atoms with Crippen molar-refractivity contribution in [1.29, 1.82) is 0 Å². The van der Waals surface area contributed by atoms with Crippen molar-refractivity contribution in [2.75, 3.05) is 19.4 Å². The molecule has 0 aliphatic carbocycles. The van der Waals surface area contributed by atoms with Crippen molar-refractivity contribution in [3.63, 3.8) is 0 Å². The highest BCUT2D eigenvalue weighted by Crippen LogP contribution is 2.17. The zero-order valence-corrected chi connectivity index (χ0v) is 10.2. The number of amides is 1. The predicted molar refractivity (Wildman–Crippen MR) is 61.1 cm³/mol. The molecule has 2 N–H and O–H groups in total. The van der Waals surface area contributed by atoms with Gasteiger partial charge in [0, 0.05) is 5.75 Å². The van der Waals surface area contributed by atoms with Gasteiger partial charge in [0.2, 0.25) is 5.91 Å². The maximum Gasteiger partial charge on any atom is 0.325 e. The molecule has 1 saturated heterocycles. The molecular formula is C8H15ClN2O3S. The number of carbonyl (C=O) groups is 2. The van der Waals surface area contributed by atoms with Crippen molar-refractivity contribution in [1.82, 2.24) is 10.6 Å². The molecule has 0 aromatic carbocycles. The zero-order chi connectivity index (χ0) is 10.6. The Morgan fingerprint density at radius 3 is 2.73 bits per heavy atom. The molecule has 0 spiro atoms. The van der Waals surface area contributed by atoms with Crippen molar-refractivity contribution in [3.05, 3.63) is 0 Å². The molecule has 1 heterocycles. The first kappa shape index (κ1) is 14.5. The molecule has 0 saturated carbocycles. The average Bonchev–Trinajstić information content (AvgIpc) is 2.60. The van der Waals surface area contributed by atoms with Crippen LogP contribution >= 0.6 is 24.2 Å². The van der Waals surface area contributed by atoms with E-state index >= 15 is 0 Å². The summed E-state index contributed by atoms with van der Waals surface area (Å²) in [4.78, 5) is 22.1. The number of hydrogen-bond acceptors (Lipinski definition) is 5. The number of hydrogen-bond donors (Lipinski definition) is 2. The van der Waals surface area contributed by atoms with Crippen molar-refractivity contribution in [2.45, 2.75) is 18.3 Å².